The third-order valence-corrected chi connectivity index (χ3v) is 5.45. The lowest BCUT2D eigenvalue weighted by Gasteiger charge is -2.13. The maximum absolute atomic E-state index is 12.3. The molecule has 0 radical (unpaired) electrons. The van der Waals surface area contributed by atoms with Gasteiger partial charge >= 0.3 is 0 Å². The van der Waals surface area contributed by atoms with Crippen LogP contribution in [-0.4, -0.2) is 26.8 Å². The molecule has 1 saturated carbocycles. The van der Waals surface area contributed by atoms with Crippen LogP contribution in [-0.2, 0) is 4.79 Å². The highest BCUT2D eigenvalue weighted by Crippen LogP contribution is 2.31. The first-order valence-corrected chi connectivity index (χ1v) is 9.51. The van der Waals surface area contributed by atoms with Gasteiger partial charge in [-0.2, -0.15) is 0 Å². The molecule has 4 nitrogen and oxygen atoms in total. The molecule has 1 aromatic heterocycles. The number of hydrogen-bond acceptors (Lipinski definition) is 3. The highest BCUT2D eigenvalue weighted by Gasteiger charge is 2.27. The van der Waals surface area contributed by atoms with Gasteiger partial charge in [0.05, 0.1) is 16.3 Å². The molecule has 1 amide bonds. The molecule has 25 heavy (non-hydrogen) atoms. The van der Waals surface area contributed by atoms with E-state index in [1.54, 1.807) is 0 Å². The van der Waals surface area contributed by atoms with Gasteiger partial charge in [-0.25, -0.2) is 4.98 Å². The molecule has 1 atom stereocenters. The van der Waals surface area contributed by atoms with Crippen LogP contribution in [0.4, 0.5) is 0 Å². The van der Waals surface area contributed by atoms with Crippen LogP contribution in [0.25, 0.3) is 16.7 Å². The summed E-state index contributed by atoms with van der Waals surface area (Å²) < 4.78 is 2.14. The van der Waals surface area contributed by atoms with Crippen molar-refractivity contribution in [2.75, 3.05) is 0 Å². The van der Waals surface area contributed by atoms with E-state index in [0.717, 1.165) is 34.7 Å². The molecule has 0 unspecified atom stereocenters. The predicted molar refractivity (Wildman–Crippen MR) is 102 cm³/mol. The number of aryl methyl sites for hydroxylation is 1. The fraction of sp³-hybridized carbons (Fsp3) is 0.300. The number of para-hydroxylation sites is 2. The molecular formula is C20H21N3OS. The quantitative estimate of drug-likeness (QED) is 0.704. The summed E-state index contributed by atoms with van der Waals surface area (Å²) in [6, 6.07) is 16.9. The molecule has 3 aromatic rings. The van der Waals surface area contributed by atoms with Crippen molar-refractivity contribution in [3.63, 3.8) is 0 Å². The van der Waals surface area contributed by atoms with E-state index in [-0.39, 0.29) is 11.2 Å². The van der Waals surface area contributed by atoms with Crippen LogP contribution in [0.1, 0.15) is 25.3 Å². The fourth-order valence-electron chi connectivity index (χ4n) is 2.78. The number of imidazole rings is 1. The number of thioether (sulfide) groups is 1. The van der Waals surface area contributed by atoms with Gasteiger partial charge in [-0.05, 0) is 51.0 Å². The van der Waals surface area contributed by atoms with Gasteiger partial charge in [0.2, 0.25) is 5.91 Å². The van der Waals surface area contributed by atoms with Gasteiger partial charge in [-0.3, -0.25) is 9.36 Å². The van der Waals surface area contributed by atoms with Crippen LogP contribution in [0.5, 0.6) is 0 Å². The first kappa shape index (κ1) is 16.2. The van der Waals surface area contributed by atoms with Crippen molar-refractivity contribution in [1.82, 2.24) is 14.9 Å². The van der Waals surface area contributed by atoms with E-state index in [9.17, 15) is 4.79 Å². The Balaban J connectivity index is 1.70. The summed E-state index contributed by atoms with van der Waals surface area (Å²) in [7, 11) is 0. The number of rotatable bonds is 5. The molecule has 0 saturated heterocycles. The fourth-order valence-corrected chi connectivity index (χ4v) is 3.74. The lowest BCUT2D eigenvalue weighted by Crippen LogP contribution is -2.32. The molecule has 0 bridgehead atoms. The summed E-state index contributed by atoms with van der Waals surface area (Å²) in [6.45, 7) is 4.02. The molecule has 0 spiro atoms. The Kier molecular flexibility index (Phi) is 4.25. The summed E-state index contributed by atoms with van der Waals surface area (Å²) in [5.74, 6) is 0.0926. The number of fused-ring (bicyclic) bond motifs is 1. The third kappa shape index (κ3) is 3.42. The number of carbonyl (C=O) groups excluding carboxylic acids is 1. The van der Waals surface area contributed by atoms with Gasteiger partial charge < -0.3 is 5.32 Å². The van der Waals surface area contributed by atoms with Crippen molar-refractivity contribution >= 4 is 28.7 Å². The molecule has 4 rings (SSSR count). The molecule has 1 aliphatic rings. The van der Waals surface area contributed by atoms with Gasteiger partial charge in [0.15, 0.2) is 5.16 Å². The summed E-state index contributed by atoms with van der Waals surface area (Å²) >= 11 is 1.51. The minimum Gasteiger partial charge on any atom is -0.352 e. The lowest BCUT2D eigenvalue weighted by atomic mass is 10.2. The Morgan fingerprint density at radius 3 is 2.64 bits per heavy atom. The van der Waals surface area contributed by atoms with Gasteiger partial charge in [-0.15, -0.1) is 0 Å². The number of amides is 1. The van der Waals surface area contributed by atoms with Crippen molar-refractivity contribution in [2.24, 2.45) is 0 Å². The molecule has 2 aromatic carbocycles. The largest absolute Gasteiger partial charge is 0.352 e. The summed E-state index contributed by atoms with van der Waals surface area (Å²) in [5.41, 5.74) is 4.29. The standard InChI is InChI=1S/C20H21N3OS/c1-13-7-11-16(12-8-13)23-18-6-4-3-5-17(18)22-20(23)25-14(2)19(24)21-15-9-10-15/h3-8,11-12,14-15H,9-10H2,1-2H3,(H,21,24)/t14-/m0/s1. The Hall–Kier alpha value is -2.27. The van der Waals surface area contributed by atoms with Crippen LogP contribution in [0.3, 0.4) is 0 Å². The number of nitrogens with one attached hydrogen (secondary N) is 1. The maximum atomic E-state index is 12.3. The van der Waals surface area contributed by atoms with Crippen molar-refractivity contribution in [3.05, 3.63) is 54.1 Å². The molecule has 1 N–H and O–H groups in total. The molecule has 128 valence electrons. The van der Waals surface area contributed by atoms with Crippen LogP contribution < -0.4 is 5.32 Å². The number of carbonyl (C=O) groups is 1. The number of benzene rings is 2. The van der Waals surface area contributed by atoms with E-state index in [2.05, 4.69) is 47.1 Å². The van der Waals surface area contributed by atoms with Crippen LogP contribution >= 0.6 is 11.8 Å². The van der Waals surface area contributed by atoms with E-state index < -0.39 is 0 Å². The second-order valence-corrected chi connectivity index (χ2v) is 7.90. The molecule has 1 fully saturated rings. The Morgan fingerprint density at radius 1 is 1.20 bits per heavy atom. The van der Waals surface area contributed by atoms with Crippen LogP contribution in [0.15, 0.2) is 53.7 Å². The highest BCUT2D eigenvalue weighted by molar-refractivity contribution is 8.00. The average Bonchev–Trinajstić information content (AvgIpc) is 3.35. The number of aromatic nitrogens is 2. The average molecular weight is 351 g/mol. The molecule has 1 heterocycles. The summed E-state index contributed by atoms with van der Waals surface area (Å²) in [4.78, 5) is 17.1. The van der Waals surface area contributed by atoms with Crippen LogP contribution in [0, 0.1) is 6.92 Å². The molecule has 1 aliphatic carbocycles. The zero-order valence-corrected chi connectivity index (χ0v) is 15.2. The minimum absolute atomic E-state index is 0.0926. The maximum Gasteiger partial charge on any atom is 0.233 e. The van der Waals surface area contributed by atoms with Gasteiger partial charge in [-0.1, -0.05) is 41.6 Å². The number of nitrogens with zero attached hydrogens (tertiary/aromatic N) is 2. The van der Waals surface area contributed by atoms with Crippen molar-refractivity contribution in [3.8, 4) is 5.69 Å². The van der Waals surface area contributed by atoms with Crippen molar-refractivity contribution in [1.29, 1.82) is 0 Å². The molecular weight excluding hydrogens is 330 g/mol. The summed E-state index contributed by atoms with van der Waals surface area (Å²) in [5, 5.41) is 3.75. The van der Waals surface area contributed by atoms with Gasteiger partial charge in [0.1, 0.15) is 0 Å². The molecule has 5 heteroatoms. The zero-order chi connectivity index (χ0) is 17.4. The van der Waals surface area contributed by atoms with E-state index in [4.69, 9.17) is 4.98 Å². The molecule has 0 aliphatic heterocycles. The normalized spacial score (nSPS) is 15.3. The topological polar surface area (TPSA) is 46.9 Å². The Morgan fingerprint density at radius 2 is 1.92 bits per heavy atom. The Labute approximate surface area is 151 Å². The van der Waals surface area contributed by atoms with Crippen LogP contribution in [0.2, 0.25) is 0 Å². The summed E-state index contributed by atoms with van der Waals surface area (Å²) in [6.07, 6.45) is 2.20. The van der Waals surface area contributed by atoms with Crippen molar-refractivity contribution < 1.29 is 4.79 Å². The SMILES string of the molecule is Cc1ccc(-n2c(S[C@@H](C)C(=O)NC3CC3)nc3ccccc32)cc1. The first-order valence-electron chi connectivity index (χ1n) is 8.63. The third-order valence-electron chi connectivity index (χ3n) is 4.40. The predicted octanol–water partition coefficient (Wildman–Crippen LogP) is 4.09. The Bertz CT molecular complexity index is 912. The van der Waals surface area contributed by atoms with Gasteiger partial charge in [0, 0.05) is 11.7 Å². The highest BCUT2D eigenvalue weighted by atomic mass is 32.2. The van der Waals surface area contributed by atoms with E-state index in [1.165, 1.54) is 17.3 Å². The second kappa shape index (κ2) is 6.56. The number of hydrogen-bond donors (Lipinski definition) is 1. The first-order chi connectivity index (χ1) is 12.1. The van der Waals surface area contributed by atoms with Gasteiger partial charge in [0.25, 0.3) is 0 Å². The lowest BCUT2D eigenvalue weighted by molar-refractivity contribution is -0.120. The zero-order valence-electron chi connectivity index (χ0n) is 14.4. The van der Waals surface area contributed by atoms with E-state index >= 15 is 0 Å². The van der Waals surface area contributed by atoms with Crippen molar-refractivity contribution in [2.45, 2.75) is 43.1 Å². The smallest absolute Gasteiger partial charge is 0.233 e. The monoisotopic (exact) mass is 351 g/mol. The second-order valence-electron chi connectivity index (χ2n) is 6.60. The minimum atomic E-state index is -0.179. The van der Waals surface area contributed by atoms with E-state index in [1.807, 2.05) is 25.1 Å². The van der Waals surface area contributed by atoms with E-state index in [0.29, 0.717) is 6.04 Å².